The van der Waals surface area contributed by atoms with Crippen molar-refractivity contribution < 1.29 is 4.79 Å². The summed E-state index contributed by atoms with van der Waals surface area (Å²) in [5, 5.41) is 4.34. The van der Waals surface area contributed by atoms with E-state index >= 15 is 0 Å². The first-order chi connectivity index (χ1) is 9.83. The summed E-state index contributed by atoms with van der Waals surface area (Å²) in [5.74, 6) is 0. The van der Waals surface area contributed by atoms with E-state index < -0.39 is 0 Å². The van der Waals surface area contributed by atoms with Gasteiger partial charge in [0.15, 0.2) is 6.29 Å². The minimum absolute atomic E-state index is 0.799. The third-order valence-corrected chi connectivity index (χ3v) is 4.56. The molecule has 100 valence electrons. The van der Waals surface area contributed by atoms with Gasteiger partial charge in [-0.25, -0.2) is 0 Å². The number of aldehydes is 1. The Labute approximate surface area is 122 Å². The zero-order chi connectivity index (χ0) is 13.9. The van der Waals surface area contributed by atoms with Gasteiger partial charge in [0.2, 0.25) is 0 Å². The van der Waals surface area contributed by atoms with Crippen LogP contribution in [0.1, 0.15) is 29.3 Å². The minimum atomic E-state index is 0.799. The number of hydrogen-bond acceptors (Lipinski definition) is 2. The predicted molar refractivity (Wildman–Crippen MR) is 86.6 cm³/mol. The van der Waals surface area contributed by atoms with E-state index in [-0.39, 0.29) is 0 Å². The number of carbonyl (C=O) groups excluding carboxylic acids is 1. The molecule has 0 saturated carbocycles. The van der Waals surface area contributed by atoms with Crippen molar-refractivity contribution in [3.63, 3.8) is 0 Å². The zero-order valence-electron chi connectivity index (χ0n) is 11.4. The number of hydrogen-bond donors (Lipinski definition) is 0. The molecule has 0 aliphatic heterocycles. The van der Waals surface area contributed by atoms with Gasteiger partial charge < -0.3 is 0 Å². The Hall–Kier alpha value is -1.93. The summed E-state index contributed by atoms with van der Waals surface area (Å²) in [7, 11) is 0. The van der Waals surface area contributed by atoms with E-state index in [1.54, 1.807) is 11.3 Å². The molecule has 2 heteroatoms. The van der Waals surface area contributed by atoms with E-state index in [2.05, 4.69) is 30.5 Å². The lowest BCUT2D eigenvalue weighted by Gasteiger charge is -2.06. The maximum absolute atomic E-state index is 11.6. The van der Waals surface area contributed by atoms with E-state index in [4.69, 9.17) is 0 Å². The molecule has 0 fully saturated rings. The van der Waals surface area contributed by atoms with Crippen LogP contribution in [0.15, 0.2) is 47.8 Å². The third kappa shape index (κ3) is 2.27. The molecular weight excluding hydrogens is 264 g/mol. The van der Waals surface area contributed by atoms with Crippen molar-refractivity contribution in [1.82, 2.24) is 0 Å². The Balaban J connectivity index is 2.17. The van der Waals surface area contributed by atoms with Crippen LogP contribution in [0.25, 0.3) is 21.2 Å². The highest BCUT2D eigenvalue weighted by atomic mass is 32.1. The van der Waals surface area contributed by atoms with Crippen molar-refractivity contribution in [3.05, 3.63) is 59.0 Å². The standard InChI is InChI=1S/C18H16OS/c1-2-5-13-10-18(20-12-13)16-9-8-14-6-3-4-7-15(14)17(16)11-19/h3-4,6-12H,2,5H2,1H3. The highest BCUT2D eigenvalue weighted by molar-refractivity contribution is 7.13. The molecule has 1 heterocycles. The highest BCUT2D eigenvalue weighted by Crippen LogP contribution is 2.33. The topological polar surface area (TPSA) is 17.1 Å². The van der Waals surface area contributed by atoms with E-state index in [0.29, 0.717) is 0 Å². The number of carbonyl (C=O) groups is 1. The van der Waals surface area contributed by atoms with E-state index in [9.17, 15) is 4.79 Å². The average Bonchev–Trinajstić information content (AvgIpc) is 2.95. The lowest BCUT2D eigenvalue weighted by Crippen LogP contribution is -1.88. The number of thiophene rings is 1. The van der Waals surface area contributed by atoms with Gasteiger partial charge in [0, 0.05) is 16.0 Å². The van der Waals surface area contributed by atoms with Crippen LogP contribution in [0.5, 0.6) is 0 Å². The van der Waals surface area contributed by atoms with Crippen molar-refractivity contribution in [1.29, 1.82) is 0 Å². The second-order valence-electron chi connectivity index (χ2n) is 4.93. The lowest BCUT2D eigenvalue weighted by molar-refractivity contribution is 0.112. The molecule has 1 aromatic heterocycles. The van der Waals surface area contributed by atoms with Crippen LogP contribution >= 0.6 is 11.3 Å². The predicted octanol–water partition coefficient (Wildman–Crippen LogP) is 5.33. The van der Waals surface area contributed by atoms with Crippen molar-refractivity contribution in [2.75, 3.05) is 0 Å². The molecular formula is C18H16OS. The molecule has 0 aliphatic rings. The second kappa shape index (κ2) is 5.59. The SMILES string of the molecule is CCCc1csc(-c2ccc3ccccc3c2C=O)c1. The summed E-state index contributed by atoms with van der Waals surface area (Å²) in [6.45, 7) is 2.18. The molecule has 0 N–H and O–H groups in total. The van der Waals surface area contributed by atoms with Gasteiger partial charge >= 0.3 is 0 Å². The summed E-state index contributed by atoms with van der Waals surface area (Å²) in [4.78, 5) is 12.7. The Bertz CT molecular complexity index is 755. The Morgan fingerprint density at radius 3 is 2.80 bits per heavy atom. The fraction of sp³-hybridized carbons (Fsp3) is 0.167. The summed E-state index contributed by atoms with van der Waals surface area (Å²) in [6, 6.07) is 14.4. The van der Waals surface area contributed by atoms with Gasteiger partial charge in [-0.15, -0.1) is 11.3 Å². The van der Waals surface area contributed by atoms with Crippen LogP contribution in [0.2, 0.25) is 0 Å². The molecule has 0 unspecified atom stereocenters. The first-order valence-electron chi connectivity index (χ1n) is 6.88. The van der Waals surface area contributed by atoms with Crippen LogP contribution in [0.3, 0.4) is 0 Å². The number of benzene rings is 2. The van der Waals surface area contributed by atoms with Crippen molar-refractivity contribution >= 4 is 28.4 Å². The number of fused-ring (bicyclic) bond motifs is 1. The summed E-state index contributed by atoms with van der Waals surface area (Å²) >= 11 is 1.72. The van der Waals surface area contributed by atoms with Crippen LogP contribution in [-0.4, -0.2) is 6.29 Å². The third-order valence-electron chi connectivity index (χ3n) is 3.55. The van der Waals surface area contributed by atoms with Gasteiger partial charge in [-0.3, -0.25) is 4.79 Å². The van der Waals surface area contributed by atoms with Crippen molar-refractivity contribution in [2.45, 2.75) is 19.8 Å². The van der Waals surface area contributed by atoms with Crippen LogP contribution in [0.4, 0.5) is 0 Å². The first kappa shape index (κ1) is 13.1. The average molecular weight is 280 g/mol. The number of rotatable bonds is 4. The maximum atomic E-state index is 11.6. The fourth-order valence-corrected chi connectivity index (χ4v) is 3.56. The molecule has 0 saturated heterocycles. The zero-order valence-corrected chi connectivity index (χ0v) is 12.2. The molecule has 1 nitrogen and oxygen atoms in total. The molecule has 0 bridgehead atoms. The van der Waals surface area contributed by atoms with E-state index in [0.717, 1.165) is 41.0 Å². The Kier molecular flexibility index (Phi) is 3.66. The summed E-state index contributed by atoms with van der Waals surface area (Å²) in [5.41, 5.74) is 3.21. The largest absolute Gasteiger partial charge is 0.298 e. The molecule has 0 atom stereocenters. The van der Waals surface area contributed by atoms with Gasteiger partial charge in [0.25, 0.3) is 0 Å². The maximum Gasteiger partial charge on any atom is 0.151 e. The van der Waals surface area contributed by atoms with Gasteiger partial charge in [0.05, 0.1) is 0 Å². The highest BCUT2D eigenvalue weighted by Gasteiger charge is 2.10. The molecule has 2 aromatic carbocycles. The fourth-order valence-electron chi connectivity index (χ4n) is 2.57. The Morgan fingerprint density at radius 1 is 1.15 bits per heavy atom. The van der Waals surface area contributed by atoms with Crippen LogP contribution in [-0.2, 0) is 6.42 Å². The van der Waals surface area contributed by atoms with E-state index in [1.807, 2.05) is 24.3 Å². The molecule has 20 heavy (non-hydrogen) atoms. The smallest absolute Gasteiger partial charge is 0.151 e. The van der Waals surface area contributed by atoms with Crippen LogP contribution < -0.4 is 0 Å². The van der Waals surface area contributed by atoms with Gasteiger partial charge in [0.1, 0.15) is 0 Å². The minimum Gasteiger partial charge on any atom is -0.298 e. The summed E-state index contributed by atoms with van der Waals surface area (Å²) in [6.07, 6.45) is 3.23. The van der Waals surface area contributed by atoms with Crippen LogP contribution in [0, 0.1) is 0 Å². The van der Waals surface area contributed by atoms with Gasteiger partial charge in [-0.05, 0) is 34.2 Å². The normalized spacial score (nSPS) is 10.8. The second-order valence-corrected chi connectivity index (χ2v) is 5.85. The monoisotopic (exact) mass is 280 g/mol. The number of aryl methyl sites for hydroxylation is 1. The Morgan fingerprint density at radius 2 is 2.00 bits per heavy atom. The van der Waals surface area contributed by atoms with Crippen molar-refractivity contribution in [3.8, 4) is 10.4 Å². The quantitative estimate of drug-likeness (QED) is 0.590. The molecule has 0 amide bonds. The van der Waals surface area contributed by atoms with E-state index in [1.165, 1.54) is 10.4 Å². The molecule has 0 aliphatic carbocycles. The van der Waals surface area contributed by atoms with Gasteiger partial charge in [-0.1, -0.05) is 49.7 Å². The lowest BCUT2D eigenvalue weighted by atomic mass is 9.98. The summed E-state index contributed by atoms with van der Waals surface area (Å²) < 4.78 is 0. The van der Waals surface area contributed by atoms with Gasteiger partial charge in [-0.2, -0.15) is 0 Å². The molecule has 0 radical (unpaired) electrons. The first-order valence-corrected chi connectivity index (χ1v) is 7.76. The molecule has 0 spiro atoms. The molecule has 3 rings (SSSR count). The molecule has 3 aromatic rings. The van der Waals surface area contributed by atoms with Crippen molar-refractivity contribution in [2.24, 2.45) is 0 Å².